The number of carbonyl (C=O) groups excluding carboxylic acids is 2. The van der Waals surface area contributed by atoms with Crippen LogP contribution in [-0.4, -0.2) is 31.8 Å². The number of Topliss-reactive ketones (excluding diaryl/α,β-unsaturated/α-hetero) is 1. The van der Waals surface area contributed by atoms with Gasteiger partial charge in [-0.15, -0.1) is 0 Å². The molecule has 0 aromatic heterocycles. The van der Waals surface area contributed by atoms with E-state index in [-0.39, 0.29) is 23.1 Å². The first-order chi connectivity index (χ1) is 6.82. The molecular weight excluding hydrogens is 192 g/mol. The van der Waals surface area contributed by atoms with E-state index in [1.165, 1.54) is 0 Å². The van der Waals surface area contributed by atoms with E-state index in [1.807, 2.05) is 20.8 Å². The number of rotatable bonds is 5. The minimum absolute atomic E-state index is 0.0702. The van der Waals surface area contributed by atoms with E-state index < -0.39 is 0 Å². The molecule has 88 valence electrons. The fourth-order valence-corrected chi connectivity index (χ4v) is 1.23. The zero-order valence-electron chi connectivity index (χ0n) is 10.3. The molecule has 0 radical (unpaired) electrons. The summed E-state index contributed by atoms with van der Waals surface area (Å²) in [5, 5.41) is 5.46. The Balaban J connectivity index is 4.13. The van der Waals surface area contributed by atoms with Crippen LogP contribution in [0.3, 0.4) is 0 Å². The number of carbonyl (C=O) groups is 2. The van der Waals surface area contributed by atoms with Gasteiger partial charge in [0, 0.05) is 18.9 Å². The second-order valence-corrected chi connectivity index (χ2v) is 4.67. The third kappa shape index (κ3) is 4.93. The van der Waals surface area contributed by atoms with Gasteiger partial charge >= 0.3 is 0 Å². The van der Waals surface area contributed by atoms with Crippen LogP contribution in [0.25, 0.3) is 0 Å². The maximum Gasteiger partial charge on any atom is 0.236 e. The highest BCUT2D eigenvalue weighted by atomic mass is 16.2. The van der Waals surface area contributed by atoms with Crippen LogP contribution in [0.2, 0.25) is 0 Å². The van der Waals surface area contributed by atoms with Gasteiger partial charge in [0.15, 0.2) is 0 Å². The van der Waals surface area contributed by atoms with E-state index in [2.05, 4.69) is 10.6 Å². The average Bonchev–Trinajstić information content (AvgIpc) is 2.16. The van der Waals surface area contributed by atoms with Crippen LogP contribution in [0.5, 0.6) is 0 Å². The Morgan fingerprint density at radius 2 is 1.73 bits per heavy atom. The first kappa shape index (κ1) is 14.1. The minimum Gasteiger partial charge on any atom is -0.358 e. The molecule has 4 nitrogen and oxygen atoms in total. The van der Waals surface area contributed by atoms with Gasteiger partial charge in [-0.1, -0.05) is 20.8 Å². The van der Waals surface area contributed by atoms with Crippen LogP contribution in [-0.2, 0) is 9.59 Å². The Kier molecular flexibility index (Phi) is 5.50. The lowest BCUT2D eigenvalue weighted by molar-refractivity contribution is -0.127. The second-order valence-electron chi connectivity index (χ2n) is 4.67. The molecular formula is C11H22N2O2. The standard InChI is InChI=1S/C11H22N2O2/c1-11(2,3)9(14)7-6-8(12-4)10(15)13-5/h8,12H,6-7H2,1-5H3,(H,13,15). The van der Waals surface area contributed by atoms with Crippen LogP contribution in [0.4, 0.5) is 0 Å². The number of likely N-dealkylation sites (N-methyl/N-ethyl adjacent to an activating group) is 2. The van der Waals surface area contributed by atoms with Crippen molar-refractivity contribution in [2.24, 2.45) is 5.41 Å². The van der Waals surface area contributed by atoms with Gasteiger partial charge in [0.25, 0.3) is 0 Å². The Morgan fingerprint density at radius 3 is 2.07 bits per heavy atom. The smallest absolute Gasteiger partial charge is 0.236 e. The highest BCUT2D eigenvalue weighted by Gasteiger charge is 2.23. The molecule has 1 atom stereocenters. The molecule has 0 aliphatic carbocycles. The van der Waals surface area contributed by atoms with Crippen molar-refractivity contribution in [3.05, 3.63) is 0 Å². The van der Waals surface area contributed by atoms with Crippen molar-refractivity contribution in [3.63, 3.8) is 0 Å². The predicted molar refractivity (Wildman–Crippen MR) is 60.6 cm³/mol. The van der Waals surface area contributed by atoms with E-state index >= 15 is 0 Å². The van der Waals surface area contributed by atoms with Gasteiger partial charge in [-0.2, -0.15) is 0 Å². The lowest BCUT2D eigenvalue weighted by atomic mass is 9.87. The van der Waals surface area contributed by atoms with Gasteiger partial charge < -0.3 is 10.6 Å². The van der Waals surface area contributed by atoms with E-state index in [4.69, 9.17) is 0 Å². The third-order valence-corrected chi connectivity index (χ3v) is 2.41. The van der Waals surface area contributed by atoms with Crippen molar-refractivity contribution >= 4 is 11.7 Å². The van der Waals surface area contributed by atoms with Crippen LogP contribution in [0.1, 0.15) is 33.6 Å². The Hall–Kier alpha value is -0.900. The van der Waals surface area contributed by atoms with Crippen LogP contribution in [0.15, 0.2) is 0 Å². The second kappa shape index (κ2) is 5.85. The fraction of sp³-hybridized carbons (Fsp3) is 0.818. The topological polar surface area (TPSA) is 58.2 Å². The summed E-state index contributed by atoms with van der Waals surface area (Å²) in [6, 6.07) is -0.277. The third-order valence-electron chi connectivity index (χ3n) is 2.41. The van der Waals surface area contributed by atoms with Crippen molar-refractivity contribution in [2.45, 2.75) is 39.7 Å². The van der Waals surface area contributed by atoms with Gasteiger partial charge in [-0.25, -0.2) is 0 Å². The first-order valence-electron chi connectivity index (χ1n) is 5.25. The quantitative estimate of drug-likeness (QED) is 0.709. The van der Waals surface area contributed by atoms with E-state index in [0.29, 0.717) is 12.8 Å². The summed E-state index contributed by atoms with van der Waals surface area (Å²) in [6.07, 6.45) is 0.981. The van der Waals surface area contributed by atoms with Gasteiger partial charge in [0.05, 0.1) is 6.04 Å². The summed E-state index contributed by atoms with van der Waals surface area (Å²) in [5.41, 5.74) is -0.318. The SMILES string of the molecule is CNC(=O)C(CCC(=O)C(C)(C)C)NC. The van der Waals surface area contributed by atoms with Crippen LogP contribution < -0.4 is 10.6 Å². The molecule has 1 amide bonds. The summed E-state index contributed by atoms with van der Waals surface area (Å²) >= 11 is 0. The van der Waals surface area contributed by atoms with Crippen LogP contribution >= 0.6 is 0 Å². The summed E-state index contributed by atoms with van der Waals surface area (Å²) in [6.45, 7) is 5.68. The minimum atomic E-state index is -0.318. The van der Waals surface area contributed by atoms with Gasteiger partial charge in [0.1, 0.15) is 5.78 Å². The molecule has 0 rings (SSSR count). The molecule has 0 saturated carbocycles. The monoisotopic (exact) mass is 214 g/mol. The summed E-state index contributed by atoms with van der Waals surface area (Å²) < 4.78 is 0. The lowest BCUT2D eigenvalue weighted by Crippen LogP contribution is -2.41. The zero-order valence-corrected chi connectivity index (χ0v) is 10.3. The molecule has 0 aromatic carbocycles. The Labute approximate surface area is 91.8 Å². The number of ketones is 1. The lowest BCUT2D eigenvalue weighted by Gasteiger charge is -2.19. The van der Waals surface area contributed by atoms with Crippen LogP contribution in [0, 0.1) is 5.41 Å². The van der Waals surface area contributed by atoms with Crippen molar-refractivity contribution in [2.75, 3.05) is 14.1 Å². The molecule has 15 heavy (non-hydrogen) atoms. The molecule has 2 N–H and O–H groups in total. The molecule has 0 aliphatic heterocycles. The largest absolute Gasteiger partial charge is 0.358 e. The molecule has 0 saturated heterocycles. The molecule has 0 aromatic rings. The normalized spacial score (nSPS) is 13.4. The summed E-state index contributed by atoms with van der Waals surface area (Å²) in [4.78, 5) is 23.0. The van der Waals surface area contributed by atoms with Crippen molar-refractivity contribution in [1.82, 2.24) is 10.6 Å². The van der Waals surface area contributed by atoms with Crippen molar-refractivity contribution in [3.8, 4) is 0 Å². The summed E-state index contributed by atoms with van der Waals surface area (Å²) in [7, 11) is 3.32. The number of hydrogen-bond acceptors (Lipinski definition) is 3. The zero-order chi connectivity index (χ0) is 12.1. The van der Waals surface area contributed by atoms with Crippen molar-refractivity contribution < 1.29 is 9.59 Å². The average molecular weight is 214 g/mol. The molecule has 0 spiro atoms. The maximum absolute atomic E-state index is 11.6. The maximum atomic E-state index is 11.6. The molecule has 0 fully saturated rings. The Bertz CT molecular complexity index is 231. The fourth-order valence-electron chi connectivity index (χ4n) is 1.23. The van der Waals surface area contributed by atoms with Gasteiger partial charge in [0.2, 0.25) is 5.91 Å². The number of hydrogen-bond donors (Lipinski definition) is 2. The van der Waals surface area contributed by atoms with E-state index in [0.717, 1.165) is 0 Å². The molecule has 0 aliphatic rings. The van der Waals surface area contributed by atoms with Crippen molar-refractivity contribution in [1.29, 1.82) is 0 Å². The highest BCUT2D eigenvalue weighted by molar-refractivity contribution is 5.85. The summed E-state index contributed by atoms with van der Waals surface area (Å²) in [5.74, 6) is 0.117. The van der Waals surface area contributed by atoms with Gasteiger partial charge in [-0.3, -0.25) is 9.59 Å². The van der Waals surface area contributed by atoms with E-state index in [9.17, 15) is 9.59 Å². The number of nitrogens with one attached hydrogen (secondary N) is 2. The molecule has 0 bridgehead atoms. The Morgan fingerprint density at radius 1 is 1.20 bits per heavy atom. The number of amides is 1. The predicted octanol–water partition coefficient (Wildman–Crippen LogP) is 0.716. The molecule has 4 heteroatoms. The van der Waals surface area contributed by atoms with Gasteiger partial charge in [-0.05, 0) is 13.5 Å². The highest BCUT2D eigenvalue weighted by Crippen LogP contribution is 2.18. The molecule has 1 unspecified atom stereocenters. The molecule has 0 heterocycles. The first-order valence-corrected chi connectivity index (χ1v) is 5.25. The van der Waals surface area contributed by atoms with E-state index in [1.54, 1.807) is 14.1 Å².